The number of hydrogen-bond acceptors (Lipinski definition) is 1. The average Bonchev–Trinajstić information content (AvgIpc) is 2.79. The van der Waals surface area contributed by atoms with Gasteiger partial charge in [-0.1, -0.05) is 113 Å². The van der Waals surface area contributed by atoms with Gasteiger partial charge < -0.3 is 4.74 Å². The molecule has 0 aliphatic carbocycles. The van der Waals surface area contributed by atoms with E-state index in [0.29, 0.717) is 0 Å². The second-order valence-electron chi connectivity index (χ2n) is 7.06. The quantitative estimate of drug-likeness (QED) is 0.166. The van der Waals surface area contributed by atoms with Crippen LogP contribution in [0.5, 0.6) is 0 Å². The van der Waals surface area contributed by atoms with Crippen LogP contribution in [-0.4, -0.2) is 18.5 Å². The molecule has 0 aromatic heterocycles. The molecule has 0 N–H and O–H groups in total. The molecule has 0 spiro atoms. The van der Waals surface area contributed by atoms with Gasteiger partial charge in [0.15, 0.2) is 0 Å². The molecule has 2 heteroatoms. The molecule has 0 heterocycles. The molecule has 0 aliphatic heterocycles. The van der Waals surface area contributed by atoms with Crippen molar-refractivity contribution in [2.45, 2.75) is 25.7 Å². The summed E-state index contributed by atoms with van der Waals surface area (Å²) in [6, 6.07) is 32.1. The smallest absolute Gasteiger partial charge is 0.0506 e. The van der Waals surface area contributed by atoms with Crippen molar-refractivity contribution in [2.75, 3.05) is 18.5 Å². The predicted octanol–water partition coefficient (Wildman–Crippen LogP) is 7.62. The molecule has 3 aromatic carbocycles. The van der Waals surface area contributed by atoms with Crippen LogP contribution < -0.4 is 0 Å². The lowest BCUT2D eigenvalue weighted by molar-refractivity contribution is 0.136. The van der Waals surface area contributed by atoms with E-state index in [4.69, 9.17) is 4.74 Å². The Kier molecular flexibility index (Phi) is 9.22. The van der Waals surface area contributed by atoms with Crippen LogP contribution in [0.3, 0.4) is 0 Å². The standard InChI is InChI=1S/C27H29BrO/c28-20-11-4-12-21-29-22-19-26(23-13-5-1-6-14-23)27(24-15-7-2-8-16-24)25-17-9-3-10-18-25/h1-3,5-10,13-18H,4,11-12,19-22H2. The molecule has 3 rings (SSSR count). The summed E-state index contributed by atoms with van der Waals surface area (Å²) in [5.41, 5.74) is 6.38. The Morgan fingerprint density at radius 3 is 1.62 bits per heavy atom. The summed E-state index contributed by atoms with van der Waals surface area (Å²) in [5.74, 6) is 0. The maximum atomic E-state index is 6.00. The van der Waals surface area contributed by atoms with Gasteiger partial charge in [-0.25, -0.2) is 0 Å². The number of halogens is 1. The van der Waals surface area contributed by atoms with Crippen molar-refractivity contribution in [3.8, 4) is 0 Å². The van der Waals surface area contributed by atoms with E-state index in [-0.39, 0.29) is 0 Å². The summed E-state index contributed by atoms with van der Waals surface area (Å²) in [7, 11) is 0. The average molecular weight is 449 g/mol. The Hall–Kier alpha value is -2.16. The van der Waals surface area contributed by atoms with Gasteiger partial charge in [0.05, 0.1) is 6.61 Å². The zero-order chi connectivity index (χ0) is 20.2. The molecule has 0 saturated carbocycles. The van der Waals surface area contributed by atoms with Crippen LogP contribution in [-0.2, 0) is 4.74 Å². The Balaban J connectivity index is 1.91. The molecule has 0 bridgehead atoms. The highest BCUT2D eigenvalue weighted by atomic mass is 79.9. The molecule has 0 radical (unpaired) electrons. The summed E-state index contributed by atoms with van der Waals surface area (Å²) in [6.45, 7) is 1.57. The predicted molar refractivity (Wildman–Crippen MR) is 128 cm³/mol. The van der Waals surface area contributed by atoms with E-state index in [1.165, 1.54) is 40.7 Å². The monoisotopic (exact) mass is 448 g/mol. The highest BCUT2D eigenvalue weighted by molar-refractivity contribution is 9.09. The number of benzene rings is 3. The fourth-order valence-corrected chi connectivity index (χ4v) is 3.93. The molecule has 3 aromatic rings. The van der Waals surface area contributed by atoms with Gasteiger partial charge in [0.1, 0.15) is 0 Å². The van der Waals surface area contributed by atoms with E-state index < -0.39 is 0 Å². The van der Waals surface area contributed by atoms with Crippen LogP contribution in [0.25, 0.3) is 11.1 Å². The summed E-state index contributed by atoms with van der Waals surface area (Å²) < 4.78 is 6.00. The highest BCUT2D eigenvalue weighted by Gasteiger charge is 2.13. The van der Waals surface area contributed by atoms with Crippen molar-refractivity contribution in [2.24, 2.45) is 0 Å². The zero-order valence-electron chi connectivity index (χ0n) is 16.9. The maximum Gasteiger partial charge on any atom is 0.0506 e. The minimum atomic E-state index is 0.738. The van der Waals surface area contributed by atoms with Gasteiger partial charge in [-0.05, 0) is 47.1 Å². The number of ether oxygens (including phenoxy) is 1. The van der Waals surface area contributed by atoms with Crippen molar-refractivity contribution in [1.82, 2.24) is 0 Å². The molecule has 0 atom stereocenters. The van der Waals surface area contributed by atoms with Gasteiger partial charge >= 0.3 is 0 Å². The first kappa shape index (κ1) is 21.5. The van der Waals surface area contributed by atoms with Gasteiger partial charge in [0, 0.05) is 11.9 Å². The van der Waals surface area contributed by atoms with E-state index in [0.717, 1.165) is 31.4 Å². The molecule has 1 nitrogen and oxygen atoms in total. The van der Waals surface area contributed by atoms with Crippen molar-refractivity contribution in [3.05, 3.63) is 108 Å². The lowest BCUT2D eigenvalue weighted by Gasteiger charge is -2.18. The third kappa shape index (κ3) is 6.69. The lowest BCUT2D eigenvalue weighted by Crippen LogP contribution is -2.02. The minimum Gasteiger partial charge on any atom is -0.381 e. The largest absolute Gasteiger partial charge is 0.381 e. The van der Waals surface area contributed by atoms with Crippen LogP contribution in [0.15, 0.2) is 91.0 Å². The third-order valence-corrected chi connectivity index (χ3v) is 5.53. The van der Waals surface area contributed by atoms with E-state index in [9.17, 15) is 0 Å². The topological polar surface area (TPSA) is 9.23 Å². The van der Waals surface area contributed by atoms with Gasteiger partial charge in [0.2, 0.25) is 0 Å². The van der Waals surface area contributed by atoms with Crippen molar-refractivity contribution >= 4 is 27.1 Å². The second kappa shape index (κ2) is 12.4. The van der Waals surface area contributed by atoms with E-state index >= 15 is 0 Å². The summed E-state index contributed by atoms with van der Waals surface area (Å²) in [5, 5.41) is 1.07. The number of hydrogen-bond donors (Lipinski definition) is 0. The van der Waals surface area contributed by atoms with Gasteiger partial charge in [-0.3, -0.25) is 0 Å². The van der Waals surface area contributed by atoms with Crippen LogP contribution >= 0.6 is 15.9 Å². The fraction of sp³-hybridized carbons (Fsp3) is 0.259. The molecule has 0 unspecified atom stereocenters. The third-order valence-electron chi connectivity index (χ3n) is 4.97. The first-order chi connectivity index (χ1) is 14.4. The Morgan fingerprint density at radius 2 is 1.10 bits per heavy atom. The van der Waals surface area contributed by atoms with Crippen molar-refractivity contribution < 1.29 is 4.74 Å². The molecule has 29 heavy (non-hydrogen) atoms. The summed E-state index contributed by atoms with van der Waals surface area (Å²) in [6.07, 6.45) is 4.44. The molecular formula is C27H29BrO. The Bertz CT molecular complexity index is 815. The second-order valence-corrected chi connectivity index (χ2v) is 7.86. The van der Waals surface area contributed by atoms with Crippen molar-refractivity contribution in [3.63, 3.8) is 0 Å². The Labute approximate surface area is 183 Å². The highest BCUT2D eigenvalue weighted by Crippen LogP contribution is 2.34. The van der Waals surface area contributed by atoms with Crippen LogP contribution in [0.2, 0.25) is 0 Å². The molecule has 150 valence electrons. The molecule has 0 saturated heterocycles. The van der Waals surface area contributed by atoms with E-state index in [1.54, 1.807) is 0 Å². The minimum absolute atomic E-state index is 0.738. The molecular weight excluding hydrogens is 420 g/mol. The van der Waals surface area contributed by atoms with Crippen molar-refractivity contribution in [1.29, 1.82) is 0 Å². The summed E-state index contributed by atoms with van der Waals surface area (Å²) >= 11 is 3.49. The van der Waals surface area contributed by atoms with Gasteiger partial charge in [0.25, 0.3) is 0 Å². The van der Waals surface area contributed by atoms with Crippen LogP contribution in [0.4, 0.5) is 0 Å². The van der Waals surface area contributed by atoms with E-state index in [2.05, 4.69) is 107 Å². The van der Waals surface area contributed by atoms with E-state index in [1.807, 2.05) is 0 Å². The first-order valence-electron chi connectivity index (χ1n) is 10.4. The maximum absolute atomic E-state index is 6.00. The first-order valence-corrected chi connectivity index (χ1v) is 11.6. The number of alkyl halides is 1. The molecule has 0 amide bonds. The SMILES string of the molecule is BrCCCCCOCCC(=C(c1ccccc1)c1ccccc1)c1ccccc1. The number of unbranched alkanes of at least 4 members (excludes halogenated alkanes) is 2. The van der Waals surface area contributed by atoms with Crippen LogP contribution in [0.1, 0.15) is 42.4 Å². The van der Waals surface area contributed by atoms with Gasteiger partial charge in [-0.15, -0.1) is 0 Å². The Morgan fingerprint density at radius 1 is 0.586 bits per heavy atom. The normalized spacial score (nSPS) is 10.7. The lowest BCUT2D eigenvalue weighted by atomic mass is 9.88. The van der Waals surface area contributed by atoms with Crippen LogP contribution in [0, 0.1) is 0 Å². The van der Waals surface area contributed by atoms with Gasteiger partial charge in [-0.2, -0.15) is 0 Å². The fourth-order valence-electron chi connectivity index (χ4n) is 3.53. The summed E-state index contributed by atoms with van der Waals surface area (Å²) in [4.78, 5) is 0. The number of rotatable bonds is 11. The molecule has 0 aliphatic rings. The molecule has 0 fully saturated rings. The zero-order valence-corrected chi connectivity index (χ0v) is 18.5.